The molecule has 4 heteroatoms. The van der Waals surface area contributed by atoms with Crippen LogP contribution in [0.5, 0.6) is 0 Å². The van der Waals surface area contributed by atoms with Gasteiger partial charge in [0.05, 0.1) is 9.58 Å². The highest BCUT2D eigenvalue weighted by Crippen LogP contribution is 2.41. The number of nitrogens with one attached hydrogen (secondary N) is 1. The third-order valence-electron chi connectivity index (χ3n) is 5.90. The molecule has 2 saturated carbocycles. The van der Waals surface area contributed by atoms with E-state index in [-0.39, 0.29) is 0 Å². The van der Waals surface area contributed by atoms with E-state index < -0.39 is 0 Å². The normalized spacial score (nSPS) is 23.1. The zero-order chi connectivity index (χ0) is 18.1. The molecule has 26 heavy (non-hydrogen) atoms. The number of hydrogen-bond acceptors (Lipinski definition) is 4. The fourth-order valence-corrected chi connectivity index (χ4v) is 5.32. The smallest absolute Gasteiger partial charge is 0.144 e. The van der Waals surface area contributed by atoms with Crippen molar-refractivity contribution in [2.24, 2.45) is 5.92 Å². The number of nitrogens with zero attached hydrogens (tertiary/aromatic N) is 2. The van der Waals surface area contributed by atoms with Gasteiger partial charge >= 0.3 is 0 Å². The topological polar surface area (TPSA) is 28.2 Å². The van der Waals surface area contributed by atoms with Gasteiger partial charge < -0.3 is 10.2 Å². The molecule has 0 aliphatic heterocycles. The summed E-state index contributed by atoms with van der Waals surface area (Å²) in [7, 11) is 4.40. The number of rotatable bonds is 5. The number of pyridine rings is 1. The average Bonchev–Trinajstić information content (AvgIpc) is 3.39. The summed E-state index contributed by atoms with van der Waals surface area (Å²) in [6.07, 6.45) is 10.9. The zero-order valence-corrected chi connectivity index (χ0v) is 17.0. The molecule has 0 bridgehead atoms. The van der Waals surface area contributed by atoms with E-state index in [1.165, 1.54) is 65.5 Å². The van der Waals surface area contributed by atoms with Gasteiger partial charge in [-0.15, -0.1) is 17.3 Å². The molecule has 0 unspecified atom stereocenters. The summed E-state index contributed by atoms with van der Waals surface area (Å²) in [6, 6.07) is 3.47. The summed E-state index contributed by atoms with van der Waals surface area (Å²) in [4.78, 5) is 8.33. The fraction of sp³-hybridized carbons (Fsp3) is 0.591. The van der Waals surface area contributed by atoms with Crippen LogP contribution in [0.3, 0.4) is 0 Å². The highest BCUT2D eigenvalue weighted by molar-refractivity contribution is 7.20. The van der Waals surface area contributed by atoms with Crippen LogP contribution in [0.1, 0.15) is 55.9 Å². The Balaban J connectivity index is 1.58. The van der Waals surface area contributed by atoms with Crippen LogP contribution < -0.4 is 5.32 Å². The molecule has 0 amide bonds. The van der Waals surface area contributed by atoms with E-state index in [2.05, 4.69) is 42.2 Å². The zero-order valence-electron chi connectivity index (χ0n) is 16.1. The van der Waals surface area contributed by atoms with Crippen molar-refractivity contribution >= 4 is 27.2 Å². The predicted octanol–water partition coefficient (Wildman–Crippen LogP) is 4.90. The van der Waals surface area contributed by atoms with Crippen LogP contribution in [0.4, 0.5) is 5.82 Å². The maximum absolute atomic E-state index is 4.71. The lowest BCUT2D eigenvalue weighted by atomic mass is 9.90. The van der Waals surface area contributed by atoms with E-state index in [0.29, 0.717) is 6.04 Å². The van der Waals surface area contributed by atoms with E-state index in [9.17, 15) is 0 Å². The Morgan fingerprint density at radius 3 is 2.62 bits per heavy atom. The minimum Gasteiger partial charge on any atom is -0.366 e. The second-order valence-corrected chi connectivity index (χ2v) is 9.10. The predicted molar refractivity (Wildman–Crippen MR) is 112 cm³/mol. The second-order valence-electron chi connectivity index (χ2n) is 8.08. The summed E-state index contributed by atoms with van der Waals surface area (Å²) < 4.78 is 1.30. The summed E-state index contributed by atoms with van der Waals surface area (Å²) in [5.74, 6) is 8.41. The van der Waals surface area contributed by atoms with Gasteiger partial charge in [-0.25, -0.2) is 4.98 Å². The van der Waals surface area contributed by atoms with Crippen molar-refractivity contribution in [2.75, 3.05) is 19.4 Å². The monoisotopic (exact) mass is 367 g/mol. The SMILES string of the molecule is CC#Cc1sc2c(NC3CCC(N(C)C)CC3)nccc2c1CC1CC1. The Labute approximate surface area is 161 Å². The van der Waals surface area contributed by atoms with Gasteiger partial charge in [0.25, 0.3) is 0 Å². The minimum absolute atomic E-state index is 0.541. The fourth-order valence-electron chi connectivity index (χ4n) is 4.14. The van der Waals surface area contributed by atoms with E-state index >= 15 is 0 Å². The van der Waals surface area contributed by atoms with Crippen LogP contribution in [-0.4, -0.2) is 36.1 Å². The van der Waals surface area contributed by atoms with Gasteiger partial charge in [0.2, 0.25) is 0 Å². The van der Waals surface area contributed by atoms with Crippen molar-refractivity contribution in [1.29, 1.82) is 0 Å². The van der Waals surface area contributed by atoms with Crippen LogP contribution in [0.2, 0.25) is 0 Å². The summed E-state index contributed by atoms with van der Waals surface area (Å²) in [6.45, 7) is 1.94. The van der Waals surface area contributed by atoms with Crippen molar-refractivity contribution in [3.8, 4) is 11.8 Å². The van der Waals surface area contributed by atoms with E-state index in [1.54, 1.807) is 0 Å². The summed E-state index contributed by atoms with van der Waals surface area (Å²) in [5.41, 5.74) is 1.46. The van der Waals surface area contributed by atoms with E-state index in [4.69, 9.17) is 4.98 Å². The molecular formula is C22H29N3S. The Kier molecular flexibility index (Phi) is 5.20. The molecule has 0 spiro atoms. The van der Waals surface area contributed by atoms with Crippen molar-refractivity contribution in [3.63, 3.8) is 0 Å². The number of thiophene rings is 1. The molecular weight excluding hydrogens is 338 g/mol. The Bertz CT molecular complexity index is 830. The van der Waals surface area contributed by atoms with Crippen LogP contribution in [-0.2, 0) is 6.42 Å². The van der Waals surface area contributed by atoms with E-state index in [1.807, 2.05) is 24.5 Å². The molecule has 2 aromatic heterocycles. The van der Waals surface area contributed by atoms with Crippen molar-refractivity contribution in [2.45, 2.75) is 64.0 Å². The van der Waals surface area contributed by atoms with Gasteiger partial charge in [-0.2, -0.15) is 0 Å². The average molecular weight is 368 g/mol. The van der Waals surface area contributed by atoms with Gasteiger partial charge in [0, 0.05) is 23.7 Å². The molecule has 3 nitrogen and oxygen atoms in total. The van der Waals surface area contributed by atoms with Crippen LogP contribution in [0.15, 0.2) is 12.3 Å². The first kappa shape index (κ1) is 17.8. The molecule has 138 valence electrons. The van der Waals surface area contributed by atoms with Crippen LogP contribution in [0.25, 0.3) is 10.1 Å². The van der Waals surface area contributed by atoms with Crippen molar-refractivity contribution in [3.05, 3.63) is 22.7 Å². The first-order chi connectivity index (χ1) is 12.7. The Morgan fingerprint density at radius 2 is 1.96 bits per heavy atom. The molecule has 2 aromatic rings. The lowest BCUT2D eigenvalue weighted by Gasteiger charge is -2.33. The lowest BCUT2D eigenvalue weighted by molar-refractivity contribution is 0.221. The van der Waals surface area contributed by atoms with Crippen molar-refractivity contribution in [1.82, 2.24) is 9.88 Å². The maximum atomic E-state index is 4.71. The summed E-state index contributed by atoms with van der Waals surface area (Å²) >= 11 is 1.83. The largest absolute Gasteiger partial charge is 0.366 e. The summed E-state index contributed by atoms with van der Waals surface area (Å²) in [5, 5.41) is 5.14. The molecule has 0 aromatic carbocycles. The quantitative estimate of drug-likeness (QED) is 0.762. The highest BCUT2D eigenvalue weighted by Gasteiger charge is 2.26. The second kappa shape index (κ2) is 7.58. The van der Waals surface area contributed by atoms with Crippen molar-refractivity contribution < 1.29 is 0 Å². The molecule has 2 aliphatic rings. The molecule has 2 aliphatic carbocycles. The number of hydrogen-bond donors (Lipinski definition) is 1. The highest BCUT2D eigenvalue weighted by atomic mass is 32.1. The molecule has 0 radical (unpaired) electrons. The molecule has 2 fully saturated rings. The first-order valence-electron chi connectivity index (χ1n) is 9.91. The van der Waals surface area contributed by atoms with Gasteiger partial charge in [0.1, 0.15) is 5.82 Å². The van der Waals surface area contributed by atoms with Gasteiger partial charge in [-0.3, -0.25) is 0 Å². The molecule has 4 rings (SSSR count). The number of anilines is 1. The third kappa shape index (κ3) is 3.75. The Hall–Kier alpha value is -1.57. The molecule has 0 saturated heterocycles. The third-order valence-corrected chi connectivity index (χ3v) is 7.07. The molecule has 1 N–H and O–H groups in total. The Morgan fingerprint density at radius 1 is 1.19 bits per heavy atom. The van der Waals surface area contributed by atoms with Gasteiger partial charge in [-0.1, -0.05) is 5.92 Å². The molecule has 0 atom stereocenters. The van der Waals surface area contributed by atoms with Gasteiger partial charge in [0.15, 0.2) is 0 Å². The number of fused-ring (bicyclic) bond motifs is 1. The van der Waals surface area contributed by atoms with Gasteiger partial charge in [-0.05, 0) is 83.5 Å². The standard InChI is InChI=1S/C22H29N3S/c1-4-5-20-19(14-15-6-7-15)18-12-13-23-22(21(18)26-20)24-16-8-10-17(11-9-16)25(2)3/h12-13,15-17H,6-11,14H2,1-3H3,(H,23,24). The minimum atomic E-state index is 0.541. The lowest BCUT2D eigenvalue weighted by Crippen LogP contribution is -2.36. The maximum Gasteiger partial charge on any atom is 0.144 e. The first-order valence-corrected chi connectivity index (χ1v) is 10.7. The van der Waals surface area contributed by atoms with E-state index in [0.717, 1.165) is 17.8 Å². The number of aromatic nitrogens is 1. The van der Waals surface area contributed by atoms with Crippen LogP contribution in [0, 0.1) is 17.8 Å². The van der Waals surface area contributed by atoms with Crippen LogP contribution >= 0.6 is 11.3 Å². The molecule has 2 heterocycles.